The Labute approximate surface area is 158 Å². The van der Waals surface area contributed by atoms with Gasteiger partial charge in [-0.15, -0.1) is 11.3 Å². The Morgan fingerprint density at radius 1 is 1.19 bits per heavy atom. The lowest BCUT2D eigenvalue weighted by molar-refractivity contribution is 0.102. The number of nitrogens with one attached hydrogen (secondary N) is 1. The normalized spacial score (nSPS) is 11.1. The molecule has 0 radical (unpaired) electrons. The maximum absolute atomic E-state index is 13.1. The Hall–Kier alpha value is -3.13. The van der Waals surface area contributed by atoms with Crippen LogP contribution in [0, 0.1) is 19.7 Å². The molecule has 1 amide bonds. The summed E-state index contributed by atoms with van der Waals surface area (Å²) in [6.07, 6.45) is 0. The number of nitrogens with zero attached hydrogens (tertiary/aromatic N) is 4. The van der Waals surface area contributed by atoms with Gasteiger partial charge in [0, 0.05) is 23.7 Å². The topological polar surface area (TPSA) is 72.7 Å². The number of fused-ring (bicyclic) bond motifs is 1. The van der Waals surface area contributed by atoms with Gasteiger partial charge in [0.05, 0.1) is 22.3 Å². The molecule has 0 aliphatic rings. The minimum Gasteiger partial charge on any atom is -0.298 e. The molecule has 136 valence electrons. The fourth-order valence-corrected chi connectivity index (χ4v) is 3.71. The van der Waals surface area contributed by atoms with Crippen molar-refractivity contribution in [3.63, 3.8) is 0 Å². The van der Waals surface area contributed by atoms with Crippen LogP contribution < -0.4 is 5.32 Å². The minimum absolute atomic E-state index is 0.262. The van der Waals surface area contributed by atoms with Gasteiger partial charge in [-0.3, -0.25) is 14.8 Å². The van der Waals surface area contributed by atoms with Crippen LogP contribution in [-0.4, -0.2) is 25.7 Å². The summed E-state index contributed by atoms with van der Waals surface area (Å²) in [6, 6.07) is 7.83. The lowest BCUT2D eigenvalue weighted by Crippen LogP contribution is -2.13. The number of pyridine rings is 1. The second-order valence-corrected chi connectivity index (χ2v) is 7.08. The molecular formula is C19H16FN5OS. The fraction of sp³-hybridized carbons (Fsp3) is 0.158. The third kappa shape index (κ3) is 3.19. The number of aromatic nitrogens is 4. The summed E-state index contributed by atoms with van der Waals surface area (Å²) in [4.78, 5) is 21.8. The van der Waals surface area contributed by atoms with Gasteiger partial charge in [-0.25, -0.2) is 14.4 Å². The number of carbonyl (C=O) groups is 1. The van der Waals surface area contributed by atoms with E-state index in [1.54, 1.807) is 29.9 Å². The summed E-state index contributed by atoms with van der Waals surface area (Å²) >= 11 is 1.32. The largest absolute Gasteiger partial charge is 0.298 e. The monoisotopic (exact) mass is 381 g/mol. The third-order valence-electron chi connectivity index (χ3n) is 4.21. The summed E-state index contributed by atoms with van der Waals surface area (Å²) in [7, 11) is 1.80. The Morgan fingerprint density at radius 2 is 1.93 bits per heavy atom. The van der Waals surface area contributed by atoms with Gasteiger partial charge in [-0.2, -0.15) is 5.10 Å². The van der Waals surface area contributed by atoms with Crippen molar-refractivity contribution in [3.8, 4) is 11.3 Å². The van der Waals surface area contributed by atoms with Crippen LogP contribution in [0.5, 0.6) is 0 Å². The van der Waals surface area contributed by atoms with Crippen molar-refractivity contribution in [1.82, 2.24) is 19.7 Å². The molecule has 0 unspecified atom stereocenters. The minimum atomic E-state index is -0.300. The van der Waals surface area contributed by atoms with Crippen LogP contribution in [-0.2, 0) is 7.05 Å². The van der Waals surface area contributed by atoms with Gasteiger partial charge < -0.3 is 0 Å². The molecule has 0 aliphatic heterocycles. The number of amides is 1. The summed E-state index contributed by atoms with van der Waals surface area (Å²) in [6.45, 7) is 3.70. The molecule has 4 aromatic rings. The molecule has 0 atom stereocenters. The summed E-state index contributed by atoms with van der Waals surface area (Å²) in [5, 5.41) is 10.2. The van der Waals surface area contributed by atoms with E-state index >= 15 is 0 Å². The highest BCUT2D eigenvalue weighted by Gasteiger charge is 2.19. The Balaban J connectivity index is 1.65. The predicted octanol–water partition coefficient (Wildman–Crippen LogP) is 4.10. The first-order valence-corrected chi connectivity index (χ1v) is 9.14. The quantitative estimate of drug-likeness (QED) is 0.580. The van der Waals surface area contributed by atoms with E-state index in [-0.39, 0.29) is 11.7 Å². The molecule has 0 saturated heterocycles. The highest BCUT2D eigenvalue weighted by atomic mass is 32.1. The number of thiazole rings is 1. The zero-order valence-electron chi connectivity index (χ0n) is 14.9. The molecule has 3 aromatic heterocycles. The second kappa shape index (κ2) is 6.55. The van der Waals surface area contributed by atoms with E-state index in [2.05, 4.69) is 20.4 Å². The average molecular weight is 381 g/mol. The molecule has 27 heavy (non-hydrogen) atoms. The summed E-state index contributed by atoms with van der Waals surface area (Å²) in [5.41, 5.74) is 4.14. The van der Waals surface area contributed by atoms with Crippen LogP contribution in [0.15, 0.2) is 35.7 Å². The van der Waals surface area contributed by atoms with Gasteiger partial charge in [0.1, 0.15) is 5.82 Å². The van der Waals surface area contributed by atoms with E-state index < -0.39 is 0 Å². The van der Waals surface area contributed by atoms with Crippen molar-refractivity contribution in [2.24, 2.45) is 7.05 Å². The van der Waals surface area contributed by atoms with Crippen molar-refractivity contribution in [3.05, 3.63) is 58.5 Å². The van der Waals surface area contributed by atoms with Crippen molar-refractivity contribution in [1.29, 1.82) is 0 Å². The third-order valence-corrected chi connectivity index (χ3v) is 4.96. The summed E-state index contributed by atoms with van der Waals surface area (Å²) in [5.74, 6) is -0.562. The number of anilines is 1. The van der Waals surface area contributed by atoms with Gasteiger partial charge >= 0.3 is 0 Å². The van der Waals surface area contributed by atoms with E-state index in [0.29, 0.717) is 22.0 Å². The number of carbonyl (C=O) groups excluding carboxylic acids is 1. The van der Waals surface area contributed by atoms with E-state index in [9.17, 15) is 9.18 Å². The van der Waals surface area contributed by atoms with Crippen molar-refractivity contribution < 1.29 is 9.18 Å². The number of rotatable bonds is 3. The van der Waals surface area contributed by atoms with E-state index in [1.165, 1.54) is 23.5 Å². The Morgan fingerprint density at radius 3 is 2.67 bits per heavy atom. The lowest BCUT2D eigenvalue weighted by Gasteiger charge is -2.05. The van der Waals surface area contributed by atoms with Crippen molar-refractivity contribution in [2.45, 2.75) is 13.8 Å². The molecule has 1 N–H and O–H groups in total. The predicted molar refractivity (Wildman–Crippen MR) is 103 cm³/mol. The molecule has 0 fully saturated rings. The second-order valence-electron chi connectivity index (χ2n) is 6.22. The number of benzene rings is 1. The zero-order chi connectivity index (χ0) is 19.1. The highest BCUT2D eigenvalue weighted by molar-refractivity contribution is 7.14. The van der Waals surface area contributed by atoms with Crippen LogP contribution in [0.1, 0.15) is 21.7 Å². The van der Waals surface area contributed by atoms with Gasteiger partial charge in [-0.1, -0.05) is 0 Å². The van der Waals surface area contributed by atoms with Crippen molar-refractivity contribution in [2.75, 3.05) is 5.32 Å². The number of hydrogen-bond donors (Lipinski definition) is 1. The first-order valence-electron chi connectivity index (χ1n) is 8.26. The number of aryl methyl sites for hydroxylation is 3. The molecule has 8 heteroatoms. The Bertz CT molecular complexity index is 1160. The first kappa shape index (κ1) is 17.3. The first-order chi connectivity index (χ1) is 12.9. The number of hydrogen-bond acceptors (Lipinski definition) is 5. The van der Waals surface area contributed by atoms with E-state index in [1.807, 2.05) is 19.2 Å². The Kier molecular flexibility index (Phi) is 4.19. The molecule has 0 bridgehead atoms. The van der Waals surface area contributed by atoms with Crippen LogP contribution in [0.4, 0.5) is 9.52 Å². The molecule has 4 rings (SSSR count). The SMILES string of the molecule is Cc1cc(C(=O)Nc2nc(-c3ccc(F)cc3)cs2)c2c(C)nn(C)c2n1. The highest BCUT2D eigenvalue weighted by Crippen LogP contribution is 2.27. The van der Waals surface area contributed by atoms with Gasteiger partial charge in [0.25, 0.3) is 5.91 Å². The van der Waals surface area contributed by atoms with Crippen LogP contribution in [0.25, 0.3) is 22.3 Å². The van der Waals surface area contributed by atoms with Gasteiger partial charge in [0.15, 0.2) is 10.8 Å². The molecule has 0 aliphatic carbocycles. The van der Waals surface area contributed by atoms with E-state index in [0.717, 1.165) is 22.3 Å². The van der Waals surface area contributed by atoms with Crippen LogP contribution in [0.2, 0.25) is 0 Å². The van der Waals surface area contributed by atoms with Gasteiger partial charge in [-0.05, 0) is 44.2 Å². The fourth-order valence-electron chi connectivity index (χ4n) is 3.00. The smallest absolute Gasteiger partial charge is 0.258 e. The van der Waals surface area contributed by atoms with E-state index in [4.69, 9.17) is 0 Å². The number of halogens is 1. The standard InChI is InChI=1S/C19H16FN5OS/c1-10-8-14(16-11(2)24-25(3)17(16)21-10)18(26)23-19-22-15(9-27-19)12-4-6-13(20)7-5-12/h4-9H,1-3H3,(H,22,23,26). The maximum Gasteiger partial charge on any atom is 0.258 e. The molecule has 0 spiro atoms. The molecule has 6 nitrogen and oxygen atoms in total. The lowest BCUT2D eigenvalue weighted by atomic mass is 10.1. The molecule has 1 aromatic carbocycles. The molecular weight excluding hydrogens is 365 g/mol. The van der Waals surface area contributed by atoms with Crippen LogP contribution >= 0.6 is 11.3 Å². The summed E-state index contributed by atoms with van der Waals surface area (Å²) < 4.78 is 14.7. The zero-order valence-corrected chi connectivity index (χ0v) is 15.8. The van der Waals surface area contributed by atoms with Gasteiger partial charge in [0.2, 0.25) is 0 Å². The van der Waals surface area contributed by atoms with Crippen molar-refractivity contribution >= 4 is 33.4 Å². The molecule has 3 heterocycles. The molecule has 0 saturated carbocycles. The maximum atomic E-state index is 13.1. The average Bonchev–Trinajstić information content (AvgIpc) is 3.20. The van der Waals surface area contributed by atoms with Crippen LogP contribution in [0.3, 0.4) is 0 Å².